The minimum Gasteiger partial charge on any atom is -0.374 e. The predicted octanol–water partition coefficient (Wildman–Crippen LogP) is 1.62. The lowest BCUT2D eigenvalue weighted by Crippen LogP contribution is -2.48. The summed E-state index contributed by atoms with van der Waals surface area (Å²) >= 11 is 2.43. The van der Waals surface area contributed by atoms with Crippen molar-refractivity contribution in [2.75, 3.05) is 11.5 Å². The summed E-state index contributed by atoms with van der Waals surface area (Å²) < 4.78 is 0.615. The Hall–Kier alpha value is -1.35. The summed E-state index contributed by atoms with van der Waals surface area (Å²) in [7, 11) is 0. The second-order valence-electron chi connectivity index (χ2n) is 5.08. The Balaban J connectivity index is 1.70. The van der Waals surface area contributed by atoms with Crippen molar-refractivity contribution >= 4 is 40.2 Å². The highest BCUT2D eigenvalue weighted by atomic mass is 32.2. The molecule has 0 aromatic carbocycles. The molecule has 1 heterocycles. The molecule has 0 unspecified atom stereocenters. The number of nitrogens with one attached hydrogen (secondary N) is 2. The summed E-state index contributed by atoms with van der Waals surface area (Å²) in [5, 5.41) is 13.0. The minimum absolute atomic E-state index is 0.113. The van der Waals surface area contributed by atoms with Crippen molar-refractivity contribution in [2.24, 2.45) is 5.92 Å². The highest BCUT2D eigenvalue weighted by molar-refractivity contribution is 8.01. The van der Waals surface area contributed by atoms with Gasteiger partial charge in [0.2, 0.25) is 11.0 Å². The number of carbonyl (C=O) groups is 2. The van der Waals surface area contributed by atoms with Gasteiger partial charge in [0.05, 0.1) is 5.75 Å². The van der Waals surface area contributed by atoms with E-state index in [2.05, 4.69) is 27.8 Å². The first kappa shape index (κ1) is 16.0. The highest BCUT2D eigenvalue weighted by Crippen LogP contribution is 2.24. The molecule has 1 aromatic rings. The van der Waals surface area contributed by atoms with E-state index < -0.39 is 6.03 Å². The molecule has 1 aliphatic carbocycles. The van der Waals surface area contributed by atoms with E-state index in [4.69, 9.17) is 5.73 Å². The van der Waals surface area contributed by atoms with Crippen LogP contribution in [0, 0.1) is 5.92 Å². The van der Waals surface area contributed by atoms with Gasteiger partial charge in [0.25, 0.3) is 0 Å². The first-order valence-corrected chi connectivity index (χ1v) is 8.67. The van der Waals surface area contributed by atoms with Crippen LogP contribution in [-0.4, -0.2) is 33.9 Å². The Bertz CT molecular complexity index is 508. The molecule has 0 aliphatic heterocycles. The number of nitrogens with two attached hydrogens (primary N) is 1. The zero-order valence-electron chi connectivity index (χ0n) is 11.8. The number of anilines is 1. The summed E-state index contributed by atoms with van der Waals surface area (Å²) in [6.07, 6.45) is 4.42. The zero-order valence-corrected chi connectivity index (χ0v) is 13.4. The average molecular weight is 329 g/mol. The van der Waals surface area contributed by atoms with Gasteiger partial charge in [-0.2, -0.15) is 0 Å². The molecule has 1 saturated carbocycles. The minimum atomic E-state index is -0.420. The molecular formula is C12H19N5O2S2. The van der Waals surface area contributed by atoms with Gasteiger partial charge >= 0.3 is 6.03 Å². The fraction of sp³-hybridized carbons (Fsp3) is 0.667. The number of hydrogen-bond acceptors (Lipinski definition) is 7. The van der Waals surface area contributed by atoms with E-state index in [1.54, 1.807) is 0 Å². The van der Waals surface area contributed by atoms with Crippen LogP contribution in [0.15, 0.2) is 4.34 Å². The van der Waals surface area contributed by atoms with Crippen molar-refractivity contribution in [3.05, 3.63) is 0 Å². The monoisotopic (exact) mass is 329 g/mol. The molecule has 1 fully saturated rings. The molecule has 4 N–H and O–H groups in total. The van der Waals surface area contributed by atoms with E-state index in [0.29, 0.717) is 15.4 Å². The molecule has 2 rings (SSSR count). The van der Waals surface area contributed by atoms with Gasteiger partial charge in [0.15, 0.2) is 4.34 Å². The van der Waals surface area contributed by atoms with Gasteiger partial charge < -0.3 is 11.1 Å². The second kappa shape index (κ2) is 7.60. The average Bonchev–Trinajstić information content (AvgIpc) is 2.85. The molecule has 0 bridgehead atoms. The Morgan fingerprint density at radius 3 is 2.81 bits per heavy atom. The number of hydrogen-bond donors (Lipinski definition) is 3. The number of thioether (sulfide) groups is 1. The second-order valence-corrected chi connectivity index (χ2v) is 7.32. The number of urea groups is 1. The van der Waals surface area contributed by atoms with E-state index in [0.717, 1.165) is 19.3 Å². The molecule has 0 radical (unpaired) electrons. The molecule has 0 saturated heterocycles. The van der Waals surface area contributed by atoms with E-state index >= 15 is 0 Å². The highest BCUT2D eigenvalue weighted by Gasteiger charge is 2.23. The third kappa shape index (κ3) is 5.16. The lowest BCUT2D eigenvalue weighted by Gasteiger charge is -2.29. The van der Waals surface area contributed by atoms with E-state index in [1.165, 1.54) is 29.5 Å². The van der Waals surface area contributed by atoms with Gasteiger partial charge in [0, 0.05) is 6.04 Å². The van der Waals surface area contributed by atoms with Crippen molar-refractivity contribution in [3.63, 3.8) is 0 Å². The third-order valence-electron chi connectivity index (χ3n) is 3.43. The molecule has 9 heteroatoms. The van der Waals surface area contributed by atoms with Crippen LogP contribution in [0.4, 0.5) is 9.93 Å². The van der Waals surface area contributed by atoms with Crippen molar-refractivity contribution in [2.45, 2.75) is 43.0 Å². The van der Waals surface area contributed by atoms with Crippen molar-refractivity contribution in [1.29, 1.82) is 0 Å². The summed E-state index contributed by atoms with van der Waals surface area (Å²) in [6, 6.07) is -0.265. The van der Waals surface area contributed by atoms with Crippen LogP contribution in [0.3, 0.4) is 0 Å². The van der Waals surface area contributed by atoms with Gasteiger partial charge in [-0.3, -0.25) is 10.1 Å². The van der Waals surface area contributed by atoms with Gasteiger partial charge in [-0.15, -0.1) is 10.2 Å². The number of aromatic nitrogens is 2. The van der Waals surface area contributed by atoms with E-state index in [-0.39, 0.29) is 17.7 Å². The van der Waals surface area contributed by atoms with Crippen LogP contribution < -0.4 is 16.4 Å². The summed E-state index contributed by atoms with van der Waals surface area (Å²) in [5.41, 5.74) is 5.45. The number of carbonyl (C=O) groups excluding carboxylic acids is 2. The zero-order chi connectivity index (χ0) is 15.2. The van der Waals surface area contributed by atoms with E-state index in [9.17, 15) is 9.59 Å². The molecule has 21 heavy (non-hydrogen) atoms. The molecule has 0 spiro atoms. The van der Waals surface area contributed by atoms with Crippen molar-refractivity contribution in [3.8, 4) is 0 Å². The van der Waals surface area contributed by atoms with Crippen LogP contribution >= 0.6 is 23.1 Å². The Kier molecular flexibility index (Phi) is 5.80. The molecule has 7 nitrogen and oxygen atoms in total. The SMILES string of the molecule is C[C@H]1CCCC[C@H]1NC(=O)NC(=O)CSc1nnc(N)s1. The Morgan fingerprint density at radius 1 is 1.38 bits per heavy atom. The van der Waals surface area contributed by atoms with Crippen molar-refractivity contribution in [1.82, 2.24) is 20.8 Å². The maximum Gasteiger partial charge on any atom is 0.321 e. The molecule has 116 valence electrons. The first-order valence-electron chi connectivity index (χ1n) is 6.86. The largest absolute Gasteiger partial charge is 0.374 e. The summed E-state index contributed by atoms with van der Waals surface area (Å²) in [5.74, 6) is 0.218. The Labute approximate surface area is 131 Å². The smallest absolute Gasteiger partial charge is 0.321 e. The molecule has 1 aliphatic rings. The number of imide groups is 1. The number of nitrogen functional groups attached to an aromatic ring is 1. The molecular weight excluding hydrogens is 310 g/mol. The van der Waals surface area contributed by atoms with E-state index in [1.807, 2.05) is 0 Å². The normalized spacial score (nSPS) is 21.8. The van der Waals surface area contributed by atoms with Gasteiger partial charge in [0.1, 0.15) is 0 Å². The van der Waals surface area contributed by atoms with Crippen LogP contribution in [0.5, 0.6) is 0 Å². The lowest BCUT2D eigenvalue weighted by molar-refractivity contribution is -0.117. The molecule has 2 atom stereocenters. The third-order valence-corrected chi connectivity index (χ3v) is 5.32. The maximum atomic E-state index is 11.8. The summed E-state index contributed by atoms with van der Waals surface area (Å²) in [6.45, 7) is 2.13. The number of amides is 3. The Morgan fingerprint density at radius 2 is 2.14 bits per heavy atom. The maximum absolute atomic E-state index is 11.8. The van der Waals surface area contributed by atoms with Crippen LogP contribution in [0.2, 0.25) is 0 Å². The lowest BCUT2D eigenvalue weighted by atomic mass is 9.86. The van der Waals surface area contributed by atoms with Crippen molar-refractivity contribution < 1.29 is 9.59 Å². The topological polar surface area (TPSA) is 110 Å². The fourth-order valence-electron chi connectivity index (χ4n) is 2.30. The standard InChI is InChI=1S/C12H19N5O2S2/c1-7-4-2-3-5-8(7)14-11(19)15-9(18)6-20-12-17-16-10(13)21-12/h7-8H,2-6H2,1H3,(H2,13,16)(H2,14,15,18,19)/t7-,8+/m0/s1. The molecule has 1 aromatic heterocycles. The fourth-order valence-corrected chi connectivity index (χ4v) is 3.74. The quantitative estimate of drug-likeness (QED) is 0.724. The van der Waals surface area contributed by atoms with Crippen LogP contribution in [0.1, 0.15) is 32.6 Å². The van der Waals surface area contributed by atoms with Crippen LogP contribution in [-0.2, 0) is 4.79 Å². The van der Waals surface area contributed by atoms with Gasteiger partial charge in [-0.05, 0) is 18.8 Å². The van der Waals surface area contributed by atoms with Crippen LogP contribution in [0.25, 0.3) is 0 Å². The van der Waals surface area contributed by atoms with Gasteiger partial charge in [-0.25, -0.2) is 4.79 Å². The predicted molar refractivity (Wildman–Crippen MR) is 83.1 cm³/mol. The number of rotatable bonds is 4. The molecule has 3 amide bonds. The number of nitrogens with zero attached hydrogens (tertiary/aromatic N) is 2. The van der Waals surface area contributed by atoms with Gasteiger partial charge in [-0.1, -0.05) is 42.9 Å². The summed E-state index contributed by atoms with van der Waals surface area (Å²) in [4.78, 5) is 23.5. The first-order chi connectivity index (χ1) is 10.0.